The number of fused-ring (bicyclic) bond motifs is 1. The lowest BCUT2D eigenvalue weighted by molar-refractivity contribution is 0.0707. The Morgan fingerprint density at radius 3 is 2.83 bits per heavy atom. The zero-order valence-electron chi connectivity index (χ0n) is 12.4. The summed E-state index contributed by atoms with van der Waals surface area (Å²) in [5.41, 5.74) is 7.33. The largest absolute Gasteiger partial charge is 0.391 e. The van der Waals surface area contributed by atoms with E-state index in [0.717, 1.165) is 11.1 Å². The molecule has 2 unspecified atom stereocenters. The third kappa shape index (κ3) is 3.63. The predicted molar refractivity (Wildman–Crippen MR) is 89.8 cm³/mol. The molecule has 2 aromatic rings. The second-order valence-electron chi connectivity index (χ2n) is 5.40. The van der Waals surface area contributed by atoms with Gasteiger partial charge in [0.25, 0.3) is 0 Å². The molecule has 0 spiro atoms. The summed E-state index contributed by atoms with van der Waals surface area (Å²) < 4.78 is 4.99. The molecule has 1 aromatic heterocycles. The molecule has 126 valence electrons. The van der Waals surface area contributed by atoms with Gasteiger partial charge < -0.3 is 15.4 Å². The van der Waals surface area contributed by atoms with Crippen LogP contribution in [0.5, 0.6) is 0 Å². The Labute approximate surface area is 150 Å². The summed E-state index contributed by atoms with van der Waals surface area (Å²) in [6.07, 6.45) is -0.0578. The van der Waals surface area contributed by atoms with Crippen molar-refractivity contribution < 1.29 is 9.63 Å². The number of nitrogens with zero attached hydrogens (tertiary/aromatic N) is 3. The van der Waals surface area contributed by atoms with Gasteiger partial charge in [0, 0.05) is 16.5 Å². The Kier molecular flexibility index (Phi) is 5.89. The summed E-state index contributed by atoms with van der Waals surface area (Å²) in [7, 11) is 1.89. The van der Waals surface area contributed by atoms with Crippen molar-refractivity contribution in [2.24, 2.45) is 5.73 Å². The minimum atomic E-state index is -0.558. The minimum absolute atomic E-state index is 0. The number of aliphatic hydroxyl groups is 1. The van der Waals surface area contributed by atoms with E-state index >= 15 is 0 Å². The molecule has 0 radical (unpaired) electrons. The van der Waals surface area contributed by atoms with Gasteiger partial charge in [-0.1, -0.05) is 28.4 Å². The number of benzene rings is 1. The predicted octanol–water partition coefficient (Wildman–Crippen LogP) is 2.35. The van der Waals surface area contributed by atoms with Crippen molar-refractivity contribution in [3.05, 3.63) is 45.0 Å². The van der Waals surface area contributed by atoms with Crippen molar-refractivity contribution >= 4 is 35.6 Å². The second-order valence-corrected chi connectivity index (χ2v) is 6.24. The third-order valence-corrected chi connectivity index (χ3v) is 4.40. The number of nitrogens with two attached hydrogens (primary N) is 1. The number of hydrogen-bond donors (Lipinski definition) is 2. The monoisotopic (exact) mass is 378 g/mol. The van der Waals surface area contributed by atoms with E-state index < -0.39 is 6.10 Å². The van der Waals surface area contributed by atoms with Crippen molar-refractivity contribution in [1.82, 2.24) is 15.0 Å². The fourth-order valence-electron chi connectivity index (χ4n) is 2.92. The maximum absolute atomic E-state index is 10.4. The molecule has 3 N–H and O–H groups in total. The number of aromatic nitrogens is 2. The van der Waals surface area contributed by atoms with E-state index in [0.29, 0.717) is 34.7 Å². The van der Waals surface area contributed by atoms with E-state index in [9.17, 15) is 5.11 Å². The zero-order valence-corrected chi connectivity index (χ0v) is 14.7. The molecule has 6 nitrogen and oxygen atoms in total. The number of rotatable bonds is 4. The van der Waals surface area contributed by atoms with Crippen LogP contribution in [0.4, 0.5) is 0 Å². The summed E-state index contributed by atoms with van der Waals surface area (Å²) in [6.45, 7) is 0.631. The van der Waals surface area contributed by atoms with Crippen LogP contribution in [0.3, 0.4) is 0 Å². The summed E-state index contributed by atoms with van der Waals surface area (Å²) in [4.78, 5) is 6.13. The average molecular weight is 380 g/mol. The fraction of sp³-hybridized carbons (Fsp3) is 0.429. The Hall–Kier alpha value is -0.890. The fourth-order valence-corrected chi connectivity index (χ4v) is 3.51. The molecule has 0 saturated carbocycles. The van der Waals surface area contributed by atoms with Crippen LogP contribution < -0.4 is 5.73 Å². The quantitative estimate of drug-likeness (QED) is 0.848. The molecule has 1 aliphatic carbocycles. The van der Waals surface area contributed by atoms with E-state index in [-0.39, 0.29) is 25.0 Å². The lowest BCUT2D eigenvalue weighted by atomic mass is 10.1. The van der Waals surface area contributed by atoms with Crippen LogP contribution in [-0.2, 0) is 19.5 Å². The van der Waals surface area contributed by atoms with Gasteiger partial charge in [-0.3, -0.25) is 4.90 Å². The van der Waals surface area contributed by atoms with Crippen molar-refractivity contribution in [1.29, 1.82) is 0 Å². The first kappa shape index (κ1) is 18.4. The molecule has 3 rings (SSSR count). The molecule has 1 heterocycles. The van der Waals surface area contributed by atoms with Gasteiger partial charge in [0.2, 0.25) is 5.89 Å². The van der Waals surface area contributed by atoms with Gasteiger partial charge >= 0.3 is 0 Å². The lowest BCUT2D eigenvalue weighted by Crippen LogP contribution is -2.31. The van der Waals surface area contributed by atoms with Crippen molar-refractivity contribution in [3.63, 3.8) is 0 Å². The summed E-state index contributed by atoms with van der Waals surface area (Å²) in [5.74, 6) is 0.915. The van der Waals surface area contributed by atoms with Gasteiger partial charge in [-0.15, -0.1) is 12.4 Å². The van der Waals surface area contributed by atoms with E-state index in [1.165, 1.54) is 0 Å². The van der Waals surface area contributed by atoms with Crippen molar-refractivity contribution in [2.75, 3.05) is 7.05 Å². The van der Waals surface area contributed by atoms with Gasteiger partial charge in [0.1, 0.15) is 0 Å². The third-order valence-electron chi connectivity index (χ3n) is 3.84. The number of likely N-dealkylation sites (N-methyl/N-ethyl adjacent to an activating group) is 1. The average Bonchev–Trinajstić information content (AvgIpc) is 3.02. The standard InChI is InChI=1S/C14H16Cl2N4O2.ClH/c1-20(6-12-18-13(5-17)22-19-12)14-9-2-7(15)3-10(16)8(9)4-11(14)21;/h2-3,11,14,21H,4-6,17H2,1H3;1H. The van der Waals surface area contributed by atoms with Crippen molar-refractivity contribution in [3.8, 4) is 0 Å². The van der Waals surface area contributed by atoms with Gasteiger partial charge in [-0.25, -0.2) is 0 Å². The highest BCUT2D eigenvalue weighted by Crippen LogP contribution is 2.41. The normalized spacial score (nSPS) is 19.7. The van der Waals surface area contributed by atoms with Gasteiger partial charge in [-0.05, 0) is 30.3 Å². The SMILES string of the molecule is CN(Cc1noc(CN)n1)C1c2cc(Cl)cc(Cl)c2CC1O.Cl. The van der Waals surface area contributed by atoms with Crippen LogP contribution in [-0.4, -0.2) is 33.3 Å². The number of hydrogen-bond acceptors (Lipinski definition) is 6. The topological polar surface area (TPSA) is 88.4 Å². The lowest BCUT2D eigenvalue weighted by Gasteiger charge is -2.26. The summed E-state index contributed by atoms with van der Waals surface area (Å²) in [6, 6.07) is 3.33. The van der Waals surface area contributed by atoms with E-state index in [1.807, 2.05) is 18.0 Å². The second kappa shape index (κ2) is 7.34. The molecule has 9 heteroatoms. The minimum Gasteiger partial charge on any atom is -0.391 e. The molecule has 0 aliphatic heterocycles. The molecule has 0 fully saturated rings. The van der Waals surface area contributed by atoms with Crippen LogP contribution in [0.25, 0.3) is 0 Å². The van der Waals surface area contributed by atoms with Gasteiger partial charge in [-0.2, -0.15) is 4.98 Å². The maximum atomic E-state index is 10.4. The molecule has 0 bridgehead atoms. The highest BCUT2D eigenvalue weighted by atomic mass is 35.5. The zero-order chi connectivity index (χ0) is 15.9. The van der Waals surface area contributed by atoms with Crippen LogP contribution in [0.15, 0.2) is 16.7 Å². The van der Waals surface area contributed by atoms with Gasteiger partial charge in [0.15, 0.2) is 5.82 Å². The van der Waals surface area contributed by atoms with Crippen LogP contribution in [0.1, 0.15) is 28.9 Å². The van der Waals surface area contributed by atoms with Crippen LogP contribution in [0.2, 0.25) is 10.0 Å². The molecular formula is C14H17Cl3N4O2. The number of aliphatic hydroxyl groups excluding tert-OH is 1. The maximum Gasteiger partial charge on any atom is 0.240 e. The van der Waals surface area contributed by atoms with Crippen molar-refractivity contribution in [2.45, 2.75) is 31.7 Å². The smallest absolute Gasteiger partial charge is 0.240 e. The highest BCUT2D eigenvalue weighted by Gasteiger charge is 2.36. The summed E-state index contributed by atoms with van der Waals surface area (Å²) in [5, 5.41) is 15.4. The number of halogens is 3. The Bertz CT molecular complexity index is 695. The first-order valence-electron chi connectivity index (χ1n) is 6.87. The molecule has 0 amide bonds. The molecule has 0 saturated heterocycles. The molecule has 23 heavy (non-hydrogen) atoms. The highest BCUT2D eigenvalue weighted by molar-refractivity contribution is 6.35. The first-order chi connectivity index (χ1) is 10.5. The molecule has 2 atom stereocenters. The van der Waals surface area contributed by atoms with Crippen LogP contribution >= 0.6 is 35.6 Å². The Balaban J connectivity index is 0.00000192. The summed E-state index contributed by atoms with van der Waals surface area (Å²) >= 11 is 12.3. The molecule has 1 aromatic carbocycles. The van der Waals surface area contributed by atoms with E-state index in [4.69, 9.17) is 33.5 Å². The van der Waals surface area contributed by atoms with E-state index in [2.05, 4.69) is 10.1 Å². The van der Waals surface area contributed by atoms with E-state index in [1.54, 1.807) is 6.07 Å². The molecular weight excluding hydrogens is 363 g/mol. The first-order valence-corrected chi connectivity index (χ1v) is 7.63. The Morgan fingerprint density at radius 1 is 1.43 bits per heavy atom. The van der Waals surface area contributed by atoms with Gasteiger partial charge in [0.05, 0.1) is 25.2 Å². The molecule has 1 aliphatic rings. The van der Waals surface area contributed by atoms with Crippen LogP contribution in [0, 0.1) is 0 Å². The Morgan fingerprint density at radius 2 is 2.17 bits per heavy atom.